The fraction of sp³-hybridized carbons (Fsp3) is 0.625. The first-order valence-electron chi connectivity index (χ1n) is 7.48. The van der Waals surface area contributed by atoms with Crippen LogP contribution < -0.4 is 10.1 Å². The summed E-state index contributed by atoms with van der Waals surface area (Å²) in [7, 11) is 1.57. The number of methoxy groups -OCH3 is 1. The molecule has 0 aromatic heterocycles. The Kier molecular flexibility index (Phi) is 5.68. The van der Waals surface area contributed by atoms with Crippen LogP contribution in [0.5, 0.6) is 11.5 Å². The van der Waals surface area contributed by atoms with Gasteiger partial charge in [0.05, 0.1) is 7.11 Å². The second kappa shape index (κ2) is 7.50. The van der Waals surface area contributed by atoms with E-state index < -0.39 is 0 Å². The first kappa shape index (κ1) is 15.1. The molecule has 0 amide bonds. The Morgan fingerprint density at radius 2 is 2.10 bits per heavy atom. The van der Waals surface area contributed by atoms with E-state index >= 15 is 0 Å². The third-order valence-electron chi connectivity index (χ3n) is 4.10. The Morgan fingerprint density at radius 3 is 2.80 bits per heavy atom. The summed E-state index contributed by atoms with van der Waals surface area (Å²) in [6.07, 6.45) is 2.63. The van der Waals surface area contributed by atoms with Crippen LogP contribution in [-0.4, -0.2) is 43.3 Å². The molecule has 4 nitrogen and oxygen atoms in total. The van der Waals surface area contributed by atoms with E-state index in [1.165, 1.54) is 25.9 Å². The number of nitrogens with zero attached hydrogens (tertiary/aromatic N) is 1. The summed E-state index contributed by atoms with van der Waals surface area (Å²) in [6.45, 7) is 7.47. The molecule has 1 aliphatic heterocycles. The number of likely N-dealkylation sites (tertiary alicyclic amines) is 1. The van der Waals surface area contributed by atoms with Gasteiger partial charge < -0.3 is 20.1 Å². The molecule has 0 atom stereocenters. The lowest BCUT2D eigenvalue weighted by Crippen LogP contribution is -2.37. The molecule has 1 fully saturated rings. The van der Waals surface area contributed by atoms with E-state index in [1.807, 2.05) is 12.1 Å². The molecule has 1 aromatic rings. The number of benzene rings is 1. The second-order valence-corrected chi connectivity index (χ2v) is 5.67. The molecular formula is C16H26N2O2. The minimum Gasteiger partial charge on any atom is -0.504 e. The summed E-state index contributed by atoms with van der Waals surface area (Å²) in [5.74, 6) is 1.66. The summed E-state index contributed by atoms with van der Waals surface area (Å²) in [6, 6.07) is 5.60. The number of phenols is 1. The highest BCUT2D eigenvalue weighted by Gasteiger charge is 2.14. The Balaban J connectivity index is 1.71. The zero-order valence-electron chi connectivity index (χ0n) is 12.6. The van der Waals surface area contributed by atoms with E-state index in [1.54, 1.807) is 13.2 Å². The fourth-order valence-electron chi connectivity index (χ4n) is 2.62. The van der Waals surface area contributed by atoms with Gasteiger partial charge in [-0.05, 0) is 37.9 Å². The Bertz CT molecular complexity index is 415. The molecule has 20 heavy (non-hydrogen) atoms. The Hall–Kier alpha value is -1.26. The maximum absolute atomic E-state index is 9.99. The van der Waals surface area contributed by atoms with Crippen LogP contribution >= 0.6 is 0 Å². The van der Waals surface area contributed by atoms with Crippen molar-refractivity contribution in [2.24, 2.45) is 5.92 Å². The van der Waals surface area contributed by atoms with Gasteiger partial charge in [0, 0.05) is 25.2 Å². The number of hydrogen-bond donors (Lipinski definition) is 2. The smallest absolute Gasteiger partial charge is 0.162 e. The maximum Gasteiger partial charge on any atom is 0.162 e. The van der Waals surface area contributed by atoms with Crippen molar-refractivity contribution in [1.29, 1.82) is 0 Å². The van der Waals surface area contributed by atoms with E-state index in [-0.39, 0.29) is 5.75 Å². The van der Waals surface area contributed by atoms with Crippen LogP contribution in [0.3, 0.4) is 0 Å². The van der Waals surface area contributed by atoms with Crippen molar-refractivity contribution in [3.05, 3.63) is 23.8 Å². The zero-order chi connectivity index (χ0) is 14.4. The lowest BCUT2D eigenvalue weighted by atomic mass is 9.99. The number of hydrogen-bond acceptors (Lipinski definition) is 4. The highest BCUT2D eigenvalue weighted by Crippen LogP contribution is 2.29. The minimum atomic E-state index is 0.245. The Morgan fingerprint density at radius 1 is 1.35 bits per heavy atom. The highest BCUT2D eigenvalue weighted by molar-refractivity contribution is 5.45. The van der Waals surface area contributed by atoms with Crippen LogP contribution in [0.15, 0.2) is 18.2 Å². The van der Waals surface area contributed by atoms with Gasteiger partial charge in [-0.3, -0.25) is 0 Å². The maximum atomic E-state index is 9.99. The van der Waals surface area contributed by atoms with Gasteiger partial charge in [-0.2, -0.15) is 0 Å². The first-order valence-corrected chi connectivity index (χ1v) is 7.48. The SMILES string of the molecule is COc1cccc(CNCCN2CCC(C)CC2)c1O. The molecule has 0 aliphatic carbocycles. The van der Waals surface area contributed by atoms with Gasteiger partial charge in [-0.1, -0.05) is 19.1 Å². The van der Waals surface area contributed by atoms with Crippen molar-refractivity contribution >= 4 is 0 Å². The average molecular weight is 278 g/mol. The molecule has 0 unspecified atom stereocenters. The van der Waals surface area contributed by atoms with Crippen LogP contribution in [0.1, 0.15) is 25.3 Å². The lowest BCUT2D eigenvalue weighted by molar-refractivity contribution is 0.193. The van der Waals surface area contributed by atoms with E-state index in [2.05, 4.69) is 17.1 Å². The van der Waals surface area contributed by atoms with Crippen LogP contribution in [0, 0.1) is 5.92 Å². The highest BCUT2D eigenvalue weighted by atomic mass is 16.5. The van der Waals surface area contributed by atoms with Gasteiger partial charge in [0.15, 0.2) is 11.5 Å². The molecule has 1 heterocycles. The summed E-state index contributed by atoms with van der Waals surface area (Å²) >= 11 is 0. The van der Waals surface area contributed by atoms with Gasteiger partial charge in [0.2, 0.25) is 0 Å². The molecule has 1 aromatic carbocycles. The summed E-state index contributed by atoms with van der Waals surface area (Å²) in [4.78, 5) is 2.51. The molecule has 1 aliphatic rings. The van der Waals surface area contributed by atoms with E-state index in [9.17, 15) is 5.11 Å². The summed E-state index contributed by atoms with van der Waals surface area (Å²) < 4.78 is 5.11. The molecule has 0 saturated carbocycles. The van der Waals surface area contributed by atoms with Crippen molar-refractivity contribution in [2.75, 3.05) is 33.3 Å². The van der Waals surface area contributed by atoms with Crippen molar-refractivity contribution < 1.29 is 9.84 Å². The van der Waals surface area contributed by atoms with Crippen LogP contribution in [0.2, 0.25) is 0 Å². The second-order valence-electron chi connectivity index (χ2n) is 5.67. The number of rotatable bonds is 6. The van der Waals surface area contributed by atoms with Gasteiger partial charge in [-0.25, -0.2) is 0 Å². The number of nitrogens with one attached hydrogen (secondary N) is 1. The van der Waals surface area contributed by atoms with Crippen molar-refractivity contribution in [3.8, 4) is 11.5 Å². The molecule has 2 N–H and O–H groups in total. The zero-order valence-corrected chi connectivity index (χ0v) is 12.6. The van der Waals surface area contributed by atoms with Crippen LogP contribution in [-0.2, 0) is 6.54 Å². The summed E-state index contributed by atoms with van der Waals surface area (Å²) in [5.41, 5.74) is 0.886. The molecule has 2 rings (SSSR count). The first-order chi connectivity index (χ1) is 9.70. The third kappa shape index (κ3) is 4.12. The monoisotopic (exact) mass is 278 g/mol. The topological polar surface area (TPSA) is 44.7 Å². The molecule has 0 spiro atoms. The number of aromatic hydroxyl groups is 1. The minimum absolute atomic E-state index is 0.245. The van der Waals surface area contributed by atoms with Crippen LogP contribution in [0.25, 0.3) is 0 Å². The van der Waals surface area contributed by atoms with Crippen LogP contribution in [0.4, 0.5) is 0 Å². The van der Waals surface area contributed by atoms with Gasteiger partial charge >= 0.3 is 0 Å². The number of ether oxygens (including phenoxy) is 1. The third-order valence-corrected chi connectivity index (χ3v) is 4.10. The fourth-order valence-corrected chi connectivity index (χ4v) is 2.62. The van der Waals surface area contributed by atoms with Gasteiger partial charge in [0.25, 0.3) is 0 Å². The molecule has 0 bridgehead atoms. The van der Waals surface area contributed by atoms with Crippen molar-refractivity contribution in [1.82, 2.24) is 10.2 Å². The van der Waals surface area contributed by atoms with Gasteiger partial charge in [0.1, 0.15) is 0 Å². The lowest BCUT2D eigenvalue weighted by Gasteiger charge is -2.30. The van der Waals surface area contributed by atoms with Crippen molar-refractivity contribution in [2.45, 2.75) is 26.3 Å². The van der Waals surface area contributed by atoms with Gasteiger partial charge in [-0.15, -0.1) is 0 Å². The number of piperidine rings is 1. The van der Waals surface area contributed by atoms with E-state index in [0.29, 0.717) is 12.3 Å². The predicted molar refractivity (Wildman–Crippen MR) is 81.2 cm³/mol. The molecule has 0 radical (unpaired) electrons. The summed E-state index contributed by atoms with van der Waals surface area (Å²) in [5, 5.41) is 13.4. The molecule has 112 valence electrons. The van der Waals surface area contributed by atoms with E-state index in [0.717, 1.165) is 24.6 Å². The molecule has 1 saturated heterocycles. The largest absolute Gasteiger partial charge is 0.504 e. The Labute approximate surface area is 121 Å². The van der Waals surface area contributed by atoms with E-state index in [4.69, 9.17) is 4.74 Å². The molecular weight excluding hydrogens is 252 g/mol. The number of para-hydroxylation sites is 1. The van der Waals surface area contributed by atoms with Crippen molar-refractivity contribution in [3.63, 3.8) is 0 Å². The standard InChI is InChI=1S/C16H26N2O2/c1-13-6-9-18(10-7-13)11-8-17-12-14-4-3-5-15(20-2)16(14)19/h3-5,13,17,19H,6-12H2,1-2H3. The predicted octanol–water partition coefficient (Wildman–Crippen LogP) is 2.22. The normalized spacial score (nSPS) is 17.3. The average Bonchev–Trinajstić information content (AvgIpc) is 2.47. The quantitative estimate of drug-likeness (QED) is 0.783. The number of phenolic OH excluding ortho intramolecular Hbond substituents is 1. The molecule has 4 heteroatoms.